The number of nitrogens with one attached hydrogen (secondary N) is 1. The van der Waals surface area contributed by atoms with Gasteiger partial charge in [0.05, 0.1) is 30.7 Å². The number of amides is 2. The molecule has 3 heterocycles. The maximum Gasteiger partial charge on any atom is 0.251 e. The molecule has 3 unspecified atom stereocenters. The number of likely N-dealkylation sites (tertiary alicyclic amines) is 1. The first-order valence-corrected chi connectivity index (χ1v) is 15.2. The van der Waals surface area contributed by atoms with Crippen molar-refractivity contribution < 1.29 is 27.5 Å². The van der Waals surface area contributed by atoms with Gasteiger partial charge in [0.15, 0.2) is 5.78 Å². The number of hydrogen-bond acceptors (Lipinski definition) is 7. The molecule has 3 fully saturated rings. The molecule has 2 aromatic rings. The van der Waals surface area contributed by atoms with Gasteiger partial charge in [-0.15, -0.1) is 0 Å². The van der Waals surface area contributed by atoms with Gasteiger partial charge in [-0.2, -0.15) is 4.31 Å². The van der Waals surface area contributed by atoms with Crippen LogP contribution in [0.1, 0.15) is 37.0 Å². The first kappa shape index (κ1) is 28.3. The lowest BCUT2D eigenvalue weighted by atomic mass is 10.0. The van der Waals surface area contributed by atoms with Crippen LogP contribution in [-0.4, -0.2) is 92.7 Å². The van der Waals surface area contributed by atoms with Crippen molar-refractivity contribution in [2.45, 2.75) is 49.7 Å². The summed E-state index contributed by atoms with van der Waals surface area (Å²) in [4.78, 5) is 43.9. The number of ether oxygens (including phenoxy) is 1. The number of anilines is 1. The number of Topliss-reactive ketones (excluding diaryl/α,β-unsaturated/α-hetero) is 1. The van der Waals surface area contributed by atoms with Gasteiger partial charge < -0.3 is 19.9 Å². The zero-order valence-corrected chi connectivity index (χ0v) is 23.7. The molecule has 0 aliphatic carbocycles. The number of nitrogens with zero attached hydrogens (tertiary/aromatic N) is 3. The highest BCUT2D eigenvalue weighted by molar-refractivity contribution is 7.89. The van der Waals surface area contributed by atoms with Crippen LogP contribution in [0.4, 0.5) is 5.69 Å². The largest absolute Gasteiger partial charge is 0.378 e. The zero-order valence-electron chi connectivity index (χ0n) is 22.9. The average Bonchev–Trinajstić information content (AvgIpc) is 3.54. The average molecular weight is 569 g/mol. The second-order valence-corrected chi connectivity index (χ2v) is 12.9. The Morgan fingerprint density at radius 1 is 1.00 bits per heavy atom. The summed E-state index contributed by atoms with van der Waals surface area (Å²) in [5, 5.41) is 2.90. The molecule has 0 spiro atoms. The Morgan fingerprint density at radius 2 is 1.68 bits per heavy atom. The number of sulfonamides is 1. The van der Waals surface area contributed by atoms with E-state index in [9.17, 15) is 22.8 Å². The fourth-order valence-electron chi connectivity index (χ4n) is 5.85. The molecule has 1 N–H and O–H groups in total. The van der Waals surface area contributed by atoms with Crippen LogP contribution in [0.3, 0.4) is 0 Å². The molecule has 2 amide bonds. The van der Waals surface area contributed by atoms with E-state index in [1.54, 1.807) is 30.3 Å². The standard InChI is InChI=1S/C29H36N4O6S/c1-20(2)18-24(30-28(35)21-8-10-22(11-9-21)31-14-16-39-17-15-31)29(36)32-13-12-25-27(32)26(34)19-33(25)40(37,38)23-6-4-3-5-7-23/h3-11,20,24-25,27H,12-19H2,1-2H3,(H,30,35). The molecule has 3 aliphatic heterocycles. The highest BCUT2D eigenvalue weighted by atomic mass is 32.2. The molecule has 2 aromatic carbocycles. The lowest BCUT2D eigenvalue weighted by molar-refractivity contribution is -0.138. The summed E-state index contributed by atoms with van der Waals surface area (Å²) < 4.78 is 33.3. The molecular formula is C29H36N4O6S. The van der Waals surface area contributed by atoms with Crippen molar-refractivity contribution in [3.05, 3.63) is 60.2 Å². The molecule has 0 saturated carbocycles. The topological polar surface area (TPSA) is 116 Å². The third-order valence-electron chi connectivity index (χ3n) is 7.83. The second kappa shape index (κ2) is 11.7. The van der Waals surface area contributed by atoms with Crippen molar-refractivity contribution in [3.63, 3.8) is 0 Å². The lowest BCUT2D eigenvalue weighted by Crippen LogP contribution is -2.53. The summed E-state index contributed by atoms with van der Waals surface area (Å²) in [6.07, 6.45) is 0.754. The highest BCUT2D eigenvalue weighted by Crippen LogP contribution is 2.34. The molecule has 214 valence electrons. The van der Waals surface area contributed by atoms with Crippen molar-refractivity contribution in [1.82, 2.24) is 14.5 Å². The van der Waals surface area contributed by atoms with Crippen molar-refractivity contribution in [2.75, 3.05) is 44.3 Å². The van der Waals surface area contributed by atoms with Crippen LogP contribution in [0.15, 0.2) is 59.5 Å². The number of rotatable bonds is 8. The maximum absolute atomic E-state index is 13.8. The SMILES string of the molecule is CC(C)CC(NC(=O)c1ccc(N2CCOCC2)cc1)C(=O)N1CCC2C1C(=O)CN2S(=O)(=O)c1ccccc1. The Bertz CT molecular complexity index is 1340. The van der Waals surface area contributed by atoms with Gasteiger partial charge >= 0.3 is 0 Å². The molecule has 10 nitrogen and oxygen atoms in total. The molecule has 3 aliphatic rings. The van der Waals surface area contributed by atoms with Crippen molar-refractivity contribution in [2.24, 2.45) is 5.92 Å². The molecule has 0 radical (unpaired) electrons. The van der Waals surface area contributed by atoms with E-state index in [0.29, 0.717) is 31.6 Å². The van der Waals surface area contributed by atoms with E-state index in [-0.39, 0.29) is 41.5 Å². The number of fused-ring (bicyclic) bond motifs is 1. The summed E-state index contributed by atoms with van der Waals surface area (Å²) in [5.74, 6) is -0.921. The van der Waals surface area contributed by atoms with Crippen LogP contribution in [-0.2, 0) is 24.3 Å². The van der Waals surface area contributed by atoms with Crippen LogP contribution < -0.4 is 10.2 Å². The van der Waals surface area contributed by atoms with E-state index >= 15 is 0 Å². The minimum Gasteiger partial charge on any atom is -0.378 e. The molecule has 40 heavy (non-hydrogen) atoms. The van der Waals surface area contributed by atoms with Gasteiger partial charge in [0.1, 0.15) is 12.1 Å². The number of carbonyl (C=O) groups is 3. The van der Waals surface area contributed by atoms with Crippen LogP contribution in [0.2, 0.25) is 0 Å². The fraction of sp³-hybridized carbons (Fsp3) is 0.483. The van der Waals surface area contributed by atoms with Gasteiger partial charge in [-0.3, -0.25) is 14.4 Å². The molecule has 11 heteroatoms. The number of ketones is 1. The van der Waals surface area contributed by atoms with Gasteiger partial charge in [0.25, 0.3) is 5.91 Å². The van der Waals surface area contributed by atoms with Crippen LogP contribution in [0, 0.1) is 5.92 Å². The summed E-state index contributed by atoms with van der Waals surface area (Å²) in [6.45, 7) is 6.81. The quantitative estimate of drug-likeness (QED) is 0.517. The zero-order chi connectivity index (χ0) is 28.4. The van der Waals surface area contributed by atoms with E-state index in [2.05, 4.69) is 10.2 Å². The molecule has 3 atom stereocenters. The Kier molecular flexibility index (Phi) is 8.25. The van der Waals surface area contributed by atoms with E-state index in [1.165, 1.54) is 21.3 Å². The number of morpholine rings is 1. The third kappa shape index (κ3) is 5.63. The Labute approximate surface area is 235 Å². The molecule has 0 aromatic heterocycles. The van der Waals surface area contributed by atoms with Crippen molar-refractivity contribution >= 4 is 33.3 Å². The number of hydrogen-bond donors (Lipinski definition) is 1. The molecular weight excluding hydrogens is 532 g/mol. The Morgan fingerprint density at radius 3 is 2.33 bits per heavy atom. The number of benzene rings is 2. The molecule has 3 saturated heterocycles. The lowest BCUT2D eigenvalue weighted by Gasteiger charge is -2.29. The summed E-state index contributed by atoms with van der Waals surface area (Å²) in [7, 11) is -3.89. The monoisotopic (exact) mass is 568 g/mol. The maximum atomic E-state index is 13.8. The smallest absolute Gasteiger partial charge is 0.251 e. The van der Waals surface area contributed by atoms with Crippen LogP contribution in [0.25, 0.3) is 0 Å². The van der Waals surface area contributed by atoms with Crippen LogP contribution in [0.5, 0.6) is 0 Å². The minimum absolute atomic E-state index is 0.102. The van der Waals surface area contributed by atoms with E-state index in [0.717, 1.165) is 18.8 Å². The normalized spacial score (nSPS) is 22.4. The summed E-state index contributed by atoms with van der Waals surface area (Å²) in [5.41, 5.74) is 1.45. The van der Waals surface area contributed by atoms with E-state index in [1.807, 2.05) is 26.0 Å². The Balaban J connectivity index is 1.30. The fourth-order valence-corrected chi connectivity index (χ4v) is 7.49. The second-order valence-electron chi connectivity index (χ2n) is 11.0. The third-order valence-corrected chi connectivity index (χ3v) is 9.71. The van der Waals surface area contributed by atoms with Crippen LogP contribution >= 0.6 is 0 Å². The van der Waals surface area contributed by atoms with E-state index < -0.39 is 28.1 Å². The Hall–Kier alpha value is -3.28. The van der Waals surface area contributed by atoms with Gasteiger partial charge in [-0.05, 0) is 55.2 Å². The van der Waals surface area contributed by atoms with Crippen molar-refractivity contribution in [1.29, 1.82) is 0 Å². The van der Waals surface area contributed by atoms with Gasteiger partial charge in [0, 0.05) is 30.9 Å². The van der Waals surface area contributed by atoms with Crippen molar-refractivity contribution in [3.8, 4) is 0 Å². The summed E-state index contributed by atoms with van der Waals surface area (Å²) in [6, 6.07) is 13.0. The van der Waals surface area contributed by atoms with Gasteiger partial charge in [-0.25, -0.2) is 8.42 Å². The van der Waals surface area contributed by atoms with E-state index in [4.69, 9.17) is 4.74 Å². The molecule has 0 bridgehead atoms. The first-order chi connectivity index (χ1) is 19.2. The summed E-state index contributed by atoms with van der Waals surface area (Å²) >= 11 is 0. The predicted octanol–water partition coefficient (Wildman–Crippen LogP) is 1.91. The highest BCUT2D eigenvalue weighted by Gasteiger charge is 2.54. The first-order valence-electron chi connectivity index (χ1n) is 13.8. The minimum atomic E-state index is -3.89. The van der Waals surface area contributed by atoms with Gasteiger partial charge in [0.2, 0.25) is 15.9 Å². The predicted molar refractivity (Wildman–Crippen MR) is 149 cm³/mol. The number of carbonyl (C=O) groups excluding carboxylic acids is 3. The van der Waals surface area contributed by atoms with Gasteiger partial charge in [-0.1, -0.05) is 32.0 Å². The molecule has 5 rings (SSSR count).